The summed E-state index contributed by atoms with van der Waals surface area (Å²) < 4.78 is 5.12. The van der Waals surface area contributed by atoms with Gasteiger partial charge in [0.1, 0.15) is 11.3 Å². The predicted molar refractivity (Wildman–Crippen MR) is 83.8 cm³/mol. The van der Waals surface area contributed by atoms with Crippen molar-refractivity contribution in [3.63, 3.8) is 0 Å². The molecule has 1 aliphatic heterocycles. The minimum absolute atomic E-state index is 0.0505. The van der Waals surface area contributed by atoms with E-state index in [9.17, 15) is 9.59 Å². The van der Waals surface area contributed by atoms with E-state index in [1.165, 1.54) is 0 Å². The standard InChI is InChI=1S/C17H22N2O3/c1-22-14-7-5-13(6-8-14)18-16(21)17(10-3-2-4-11-17)19-12-9-15(19)20/h5-8H,2-4,9-12H2,1H3,(H,18,21). The Morgan fingerprint density at radius 3 is 2.36 bits per heavy atom. The molecular weight excluding hydrogens is 280 g/mol. The van der Waals surface area contributed by atoms with E-state index in [1.807, 2.05) is 24.3 Å². The molecule has 2 aliphatic rings. The fraction of sp³-hybridized carbons (Fsp3) is 0.529. The van der Waals surface area contributed by atoms with Crippen molar-refractivity contribution in [1.82, 2.24) is 4.90 Å². The Hall–Kier alpha value is -2.04. The Morgan fingerprint density at radius 2 is 1.86 bits per heavy atom. The van der Waals surface area contributed by atoms with Crippen LogP contribution < -0.4 is 10.1 Å². The van der Waals surface area contributed by atoms with Crippen molar-refractivity contribution in [3.05, 3.63) is 24.3 Å². The van der Waals surface area contributed by atoms with E-state index in [4.69, 9.17) is 4.74 Å². The van der Waals surface area contributed by atoms with Crippen LogP contribution in [0.4, 0.5) is 5.69 Å². The largest absolute Gasteiger partial charge is 0.497 e. The molecule has 0 spiro atoms. The number of ether oxygens (including phenoxy) is 1. The maximum Gasteiger partial charge on any atom is 0.250 e. The van der Waals surface area contributed by atoms with Crippen LogP contribution in [0.5, 0.6) is 5.75 Å². The van der Waals surface area contributed by atoms with Crippen LogP contribution in [0.2, 0.25) is 0 Å². The molecule has 5 nitrogen and oxygen atoms in total. The van der Waals surface area contributed by atoms with Crippen LogP contribution in [0, 0.1) is 0 Å². The summed E-state index contributed by atoms with van der Waals surface area (Å²) in [6.07, 6.45) is 5.23. The Labute approximate surface area is 130 Å². The van der Waals surface area contributed by atoms with E-state index >= 15 is 0 Å². The van der Waals surface area contributed by atoms with E-state index < -0.39 is 5.54 Å². The first kappa shape index (κ1) is 14.9. The van der Waals surface area contributed by atoms with Crippen LogP contribution in [0.1, 0.15) is 38.5 Å². The number of hydrogen-bond acceptors (Lipinski definition) is 3. The number of likely N-dealkylation sites (tertiary alicyclic amines) is 1. The lowest BCUT2D eigenvalue weighted by atomic mass is 9.77. The van der Waals surface area contributed by atoms with Gasteiger partial charge < -0.3 is 15.0 Å². The molecule has 1 aromatic rings. The van der Waals surface area contributed by atoms with Gasteiger partial charge in [-0.1, -0.05) is 19.3 Å². The minimum atomic E-state index is -0.645. The van der Waals surface area contributed by atoms with Crippen LogP contribution in [-0.2, 0) is 9.59 Å². The number of β-lactam (4-membered cyclic amide) rings is 1. The SMILES string of the molecule is COc1ccc(NC(=O)C2(N3CCC3=O)CCCCC2)cc1. The molecule has 2 fully saturated rings. The van der Waals surface area contributed by atoms with Crippen LogP contribution in [0.25, 0.3) is 0 Å². The van der Waals surface area contributed by atoms with E-state index in [2.05, 4.69) is 5.32 Å². The molecular formula is C17H22N2O3. The Morgan fingerprint density at radius 1 is 1.18 bits per heavy atom. The van der Waals surface area contributed by atoms with Gasteiger partial charge in [0, 0.05) is 18.7 Å². The lowest BCUT2D eigenvalue weighted by Gasteiger charge is -2.49. The molecule has 1 aromatic carbocycles. The zero-order valence-electron chi connectivity index (χ0n) is 12.9. The number of anilines is 1. The first-order valence-electron chi connectivity index (χ1n) is 7.92. The Balaban J connectivity index is 1.78. The smallest absolute Gasteiger partial charge is 0.250 e. The number of nitrogens with zero attached hydrogens (tertiary/aromatic N) is 1. The van der Waals surface area contributed by atoms with Crippen LogP contribution in [0.15, 0.2) is 24.3 Å². The first-order valence-corrected chi connectivity index (χ1v) is 7.92. The molecule has 0 atom stereocenters. The third kappa shape index (κ3) is 2.56. The zero-order valence-corrected chi connectivity index (χ0v) is 12.9. The number of hydrogen-bond donors (Lipinski definition) is 1. The van der Waals surface area contributed by atoms with Crippen molar-refractivity contribution in [3.8, 4) is 5.75 Å². The van der Waals surface area contributed by atoms with Gasteiger partial charge in [-0.3, -0.25) is 9.59 Å². The molecule has 0 unspecified atom stereocenters. The highest BCUT2D eigenvalue weighted by Crippen LogP contribution is 2.38. The number of carbonyl (C=O) groups excluding carboxylic acids is 2. The van der Waals surface area contributed by atoms with Crippen molar-refractivity contribution in [2.24, 2.45) is 0 Å². The van der Waals surface area contributed by atoms with Crippen LogP contribution in [-0.4, -0.2) is 35.9 Å². The summed E-state index contributed by atoms with van der Waals surface area (Å²) in [5.41, 5.74) is 0.0942. The minimum Gasteiger partial charge on any atom is -0.497 e. The molecule has 2 amide bonds. The number of carbonyl (C=O) groups is 2. The highest BCUT2D eigenvalue weighted by atomic mass is 16.5. The van der Waals surface area contributed by atoms with Gasteiger partial charge in [0.05, 0.1) is 7.11 Å². The summed E-state index contributed by atoms with van der Waals surface area (Å²) in [7, 11) is 1.61. The van der Waals surface area contributed by atoms with Gasteiger partial charge in [0.25, 0.3) is 0 Å². The van der Waals surface area contributed by atoms with Gasteiger partial charge >= 0.3 is 0 Å². The van der Waals surface area contributed by atoms with E-state index in [0.29, 0.717) is 13.0 Å². The second-order valence-corrected chi connectivity index (χ2v) is 6.07. The molecule has 0 aromatic heterocycles. The molecule has 0 radical (unpaired) electrons. The third-order valence-electron chi connectivity index (χ3n) is 4.82. The molecule has 1 heterocycles. The molecule has 1 saturated heterocycles. The van der Waals surface area contributed by atoms with Crippen molar-refractivity contribution >= 4 is 17.5 Å². The topological polar surface area (TPSA) is 58.6 Å². The summed E-state index contributed by atoms with van der Waals surface area (Å²) in [5.74, 6) is 0.806. The average Bonchev–Trinajstić information content (AvgIpc) is 2.55. The van der Waals surface area contributed by atoms with Gasteiger partial charge in [-0.2, -0.15) is 0 Å². The van der Waals surface area contributed by atoms with Gasteiger partial charge in [0.2, 0.25) is 11.8 Å². The summed E-state index contributed by atoms with van der Waals surface area (Å²) in [6.45, 7) is 0.703. The highest BCUT2D eigenvalue weighted by molar-refractivity contribution is 6.01. The van der Waals surface area contributed by atoms with Crippen molar-refractivity contribution < 1.29 is 14.3 Å². The number of rotatable bonds is 4. The van der Waals surface area contributed by atoms with Crippen LogP contribution >= 0.6 is 0 Å². The van der Waals surface area contributed by atoms with Crippen LogP contribution in [0.3, 0.4) is 0 Å². The summed E-state index contributed by atoms with van der Waals surface area (Å²) >= 11 is 0. The van der Waals surface area contributed by atoms with E-state index in [0.717, 1.165) is 43.5 Å². The zero-order chi connectivity index (χ0) is 15.6. The molecule has 3 rings (SSSR count). The number of methoxy groups -OCH3 is 1. The van der Waals surface area contributed by atoms with Crippen molar-refractivity contribution in [2.45, 2.75) is 44.1 Å². The second kappa shape index (κ2) is 5.99. The van der Waals surface area contributed by atoms with Gasteiger partial charge in [-0.05, 0) is 37.1 Å². The highest BCUT2D eigenvalue weighted by Gasteiger charge is 2.49. The maximum atomic E-state index is 12.9. The lowest BCUT2D eigenvalue weighted by molar-refractivity contribution is -0.157. The maximum absolute atomic E-state index is 12.9. The number of benzene rings is 1. The Bertz CT molecular complexity index is 562. The summed E-state index contributed by atoms with van der Waals surface area (Å²) in [5, 5.41) is 2.99. The third-order valence-corrected chi connectivity index (χ3v) is 4.82. The second-order valence-electron chi connectivity index (χ2n) is 6.07. The normalized spacial score (nSPS) is 20.2. The Kier molecular flexibility index (Phi) is 4.05. The predicted octanol–water partition coefficient (Wildman–Crippen LogP) is 2.57. The van der Waals surface area contributed by atoms with E-state index in [1.54, 1.807) is 12.0 Å². The average molecular weight is 302 g/mol. The molecule has 118 valence electrons. The molecule has 1 aliphatic carbocycles. The number of nitrogens with one attached hydrogen (secondary N) is 1. The van der Waals surface area contributed by atoms with Gasteiger partial charge in [-0.25, -0.2) is 0 Å². The lowest BCUT2D eigenvalue weighted by Crippen LogP contribution is -2.64. The van der Waals surface area contributed by atoms with Crippen molar-refractivity contribution in [1.29, 1.82) is 0 Å². The quantitative estimate of drug-likeness (QED) is 0.870. The van der Waals surface area contributed by atoms with Crippen molar-refractivity contribution in [2.75, 3.05) is 19.0 Å². The first-order chi connectivity index (χ1) is 10.7. The summed E-state index contributed by atoms with van der Waals surface area (Å²) in [6, 6.07) is 7.28. The molecule has 5 heteroatoms. The fourth-order valence-corrected chi connectivity index (χ4v) is 3.45. The molecule has 22 heavy (non-hydrogen) atoms. The molecule has 0 bridgehead atoms. The van der Waals surface area contributed by atoms with E-state index in [-0.39, 0.29) is 11.8 Å². The van der Waals surface area contributed by atoms with Gasteiger partial charge in [0.15, 0.2) is 0 Å². The monoisotopic (exact) mass is 302 g/mol. The van der Waals surface area contributed by atoms with Gasteiger partial charge in [-0.15, -0.1) is 0 Å². The summed E-state index contributed by atoms with van der Waals surface area (Å²) in [4.78, 5) is 26.6. The molecule has 1 saturated carbocycles. The number of amides is 2. The fourth-order valence-electron chi connectivity index (χ4n) is 3.45. The molecule has 1 N–H and O–H groups in total.